The van der Waals surface area contributed by atoms with Gasteiger partial charge in [0.25, 0.3) is 0 Å². The molecule has 0 aliphatic rings. The third-order valence-electron chi connectivity index (χ3n) is 3.91. The van der Waals surface area contributed by atoms with E-state index < -0.39 is 5.82 Å². The minimum Gasteiger partial charge on any atom is -0.493 e. The highest BCUT2D eigenvalue weighted by molar-refractivity contribution is 6.31. The summed E-state index contributed by atoms with van der Waals surface area (Å²) in [4.78, 5) is 0. The maximum absolute atomic E-state index is 13.3. The van der Waals surface area contributed by atoms with Crippen molar-refractivity contribution in [1.82, 2.24) is 0 Å². The summed E-state index contributed by atoms with van der Waals surface area (Å²) < 4.78 is 24.8. The van der Waals surface area contributed by atoms with E-state index in [-0.39, 0.29) is 5.02 Å². The Morgan fingerprint density at radius 3 is 2.54 bits per heavy atom. The second kappa shape index (κ2) is 8.59. The molecule has 0 aliphatic carbocycles. The number of rotatable bonds is 7. The molecule has 134 valence electrons. The van der Waals surface area contributed by atoms with Crippen molar-refractivity contribution < 1.29 is 13.9 Å². The van der Waals surface area contributed by atoms with E-state index in [9.17, 15) is 4.39 Å². The van der Waals surface area contributed by atoms with Gasteiger partial charge in [-0.1, -0.05) is 54.1 Å². The lowest BCUT2D eigenvalue weighted by atomic mass is 10.1. The van der Waals surface area contributed by atoms with E-state index in [2.05, 4.69) is 5.32 Å². The van der Waals surface area contributed by atoms with E-state index in [1.807, 2.05) is 48.5 Å². The predicted octanol–water partition coefficient (Wildman–Crippen LogP) is 5.68. The van der Waals surface area contributed by atoms with Crippen molar-refractivity contribution in [3.05, 3.63) is 88.7 Å². The average molecular weight is 372 g/mol. The van der Waals surface area contributed by atoms with Crippen molar-refractivity contribution in [2.24, 2.45) is 0 Å². The Balaban J connectivity index is 1.76. The van der Waals surface area contributed by atoms with Crippen molar-refractivity contribution in [3.63, 3.8) is 0 Å². The summed E-state index contributed by atoms with van der Waals surface area (Å²) in [5.41, 5.74) is 2.73. The Kier molecular flexibility index (Phi) is 5.97. The highest BCUT2D eigenvalue weighted by atomic mass is 35.5. The molecule has 3 nitrogen and oxygen atoms in total. The van der Waals surface area contributed by atoms with Crippen LogP contribution in [0.5, 0.6) is 11.5 Å². The first kappa shape index (κ1) is 18.1. The van der Waals surface area contributed by atoms with Crippen LogP contribution in [-0.4, -0.2) is 7.11 Å². The Labute approximate surface area is 157 Å². The van der Waals surface area contributed by atoms with Gasteiger partial charge in [0.05, 0.1) is 12.1 Å². The number of hydrogen-bond donors (Lipinski definition) is 1. The van der Waals surface area contributed by atoms with Gasteiger partial charge in [0.2, 0.25) is 0 Å². The summed E-state index contributed by atoms with van der Waals surface area (Å²) in [7, 11) is 1.61. The van der Waals surface area contributed by atoms with Gasteiger partial charge < -0.3 is 14.8 Å². The molecule has 0 aromatic heterocycles. The number of ether oxygens (including phenoxy) is 2. The molecular formula is C21H19ClFNO2. The predicted molar refractivity (Wildman–Crippen MR) is 103 cm³/mol. The molecule has 0 aliphatic heterocycles. The minimum absolute atomic E-state index is 0.0844. The highest BCUT2D eigenvalue weighted by Crippen LogP contribution is 2.32. The van der Waals surface area contributed by atoms with Crippen LogP contribution in [0.4, 0.5) is 10.1 Å². The van der Waals surface area contributed by atoms with Gasteiger partial charge in [-0.15, -0.1) is 0 Å². The third kappa shape index (κ3) is 4.46. The molecule has 3 aromatic rings. The van der Waals surface area contributed by atoms with E-state index in [0.717, 1.165) is 16.8 Å². The fourth-order valence-electron chi connectivity index (χ4n) is 2.56. The summed E-state index contributed by atoms with van der Waals surface area (Å²) in [6.45, 7) is 0.930. The molecule has 3 rings (SSSR count). The number of hydrogen-bond acceptors (Lipinski definition) is 3. The lowest BCUT2D eigenvalue weighted by Gasteiger charge is -2.16. The van der Waals surface area contributed by atoms with Gasteiger partial charge in [0, 0.05) is 17.8 Å². The topological polar surface area (TPSA) is 30.5 Å². The molecular weight excluding hydrogens is 353 g/mol. The summed E-state index contributed by atoms with van der Waals surface area (Å²) in [5.74, 6) is 0.905. The molecule has 0 spiro atoms. The molecule has 0 saturated heterocycles. The molecule has 0 bridgehead atoms. The average Bonchev–Trinajstić information content (AvgIpc) is 2.68. The van der Waals surface area contributed by atoms with Crippen LogP contribution < -0.4 is 14.8 Å². The van der Waals surface area contributed by atoms with Gasteiger partial charge in [0.15, 0.2) is 11.5 Å². The molecule has 26 heavy (non-hydrogen) atoms. The molecule has 1 N–H and O–H groups in total. The molecule has 0 radical (unpaired) electrons. The van der Waals surface area contributed by atoms with E-state index in [1.54, 1.807) is 19.2 Å². The van der Waals surface area contributed by atoms with Crippen LogP contribution in [0.1, 0.15) is 11.1 Å². The lowest BCUT2D eigenvalue weighted by molar-refractivity contribution is 0.281. The second-order valence-electron chi connectivity index (χ2n) is 5.71. The quantitative estimate of drug-likeness (QED) is 0.579. The number of para-hydroxylation sites is 1. The molecule has 0 atom stereocenters. The highest BCUT2D eigenvalue weighted by Gasteiger charge is 2.11. The third-order valence-corrected chi connectivity index (χ3v) is 4.20. The van der Waals surface area contributed by atoms with Crippen LogP contribution in [0.15, 0.2) is 66.7 Å². The molecule has 0 heterocycles. The van der Waals surface area contributed by atoms with Gasteiger partial charge in [-0.05, 0) is 29.8 Å². The van der Waals surface area contributed by atoms with Crippen LogP contribution in [0.2, 0.25) is 5.02 Å². The number of nitrogens with one attached hydrogen (secondary N) is 1. The number of benzene rings is 3. The van der Waals surface area contributed by atoms with Crippen molar-refractivity contribution in [1.29, 1.82) is 0 Å². The zero-order chi connectivity index (χ0) is 18.4. The molecule has 0 amide bonds. The monoisotopic (exact) mass is 371 g/mol. The first-order valence-corrected chi connectivity index (χ1v) is 8.56. The smallest absolute Gasteiger partial charge is 0.166 e. The lowest BCUT2D eigenvalue weighted by Crippen LogP contribution is -2.05. The summed E-state index contributed by atoms with van der Waals surface area (Å²) in [6.07, 6.45) is 0. The zero-order valence-corrected chi connectivity index (χ0v) is 15.1. The van der Waals surface area contributed by atoms with Crippen molar-refractivity contribution in [2.45, 2.75) is 13.2 Å². The van der Waals surface area contributed by atoms with Crippen LogP contribution in [0.25, 0.3) is 0 Å². The molecule has 3 aromatic carbocycles. The second-order valence-corrected chi connectivity index (χ2v) is 6.11. The van der Waals surface area contributed by atoms with E-state index >= 15 is 0 Å². The molecule has 5 heteroatoms. The number of anilines is 1. The fraction of sp³-hybridized carbons (Fsp3) is 0.143. The van der Waals surface area contributed by atoms with E-state index in [0.29, 0.717) is 24.7 Å². The van der Waals surface area contributed by atoms with Crippen LogP contribution in [0, 0.1) is 5.82 Å². The van der Waals surface area contributed by atoms with Crippen molar-refractivity contribution in [2.75, 3.05) is 12.4 Å². The van der Waals surface area contributed by atoms with Crippen LogP contribution >= 0.6 is 11.6 Å². The summed E-state index contributed by atoms with van der Waals surface area (Å²) in [6, 6.07) is 20.2. The van der Waals surface area contributed by atoms with Gasteiger partial charge >= 0.3 is 0 Å². The van der Waals surface area contributed by atoms with Crippen LogP contribution in [-0.2, 0) is 13.2 Å². The normalized spacial score (nSPS) is 10.4. The maximum atomic E-state index is 13.3. The van der Waals surface area contributed by atoms with Crippen LogP contribution in [0.3, 0.4) is 0 Å². The van der Waals surface area contributed by atoms with E-state index in [4.69, 9.17) is 21.1 Å². The first-order chi connectivity index (χ1) is 12.7. The largest absolute Gasteiger partial charge is 0.493 e. The van der Waals surface area contributed by atoms with Crippen molar-refractivity contribution in [3.8, 4) is 11.5 Å². The molecule has 0 saturated carbocycles. The maximum Gasteiger partial charge on any atom is 0.166 e. The zero-order valence-electron chi connectivity index (χ0n) is 14.3. The Hall–Kier alpha value is -2.72. The number of methoxy groups -OCH3 is 1. The SMILES string of the molecule is COc1cccc(CNc2ccc(F)c(Cl)c2)c1OCc1ccccc1. The van der Waals surface area contributed by atoms with Gasteiger partial charge in [-0.25, -0.2) is 4.39 Å². The molecule has 0 fully saturated rings. The Morgan fingerprint density at radius 2 is 1.81 bits per heavy atom. The standard InChI is InChI=1S/C21H19ClFNO2/c1-25-20-9-5-8-16(13-24-17-10-11-19(23)18(22)12-17)21(20)26-14-15-6-3-2-4-7-15/h2-12,24H,13-14H2,1H3. The summed E-state index contributed by atoms with van der Waals surface area (Å²) >= 11 is 5.83. The number of halogens is 2. The first-order valence-electron chi connectivity index (χ1n) is 8.19. The van der Waals surface area contributed by atoms with E-state index in [1.165, 1.54) is 6.07 Å². The summed E-state index contributed by atoms with van der Waals surface area (Å²) in [5, 5.41) is 3.32. The van der Waals surface area contributed by atoms with Gasteiger partial charge in [0.1, 0.15) is 12.4 Å². The Morgan fingerprint density at radius 1 is 1.00 bits per heavy atom. The molecule has 0 unspecified atom stereocenters. The fourth-order valence-corrected chi connectivity index (χ4v) is 2.74. The minimum atomic E-state index is -0.439. The Bertz CT molecular complexity index is 871. The van der Waals surface area contributed by atoms with Crippen molar-refractivity contribution >= 4 is 17.3 Å². The van der Waals surface area contributed by atoms with Gasteiger partial charge in [-0.3, -0.25) is 0 Å². The van der Waals surface area contributed by atoms with Gasteiger partial charge in [-0.2, -0.15) is 0 Å².